The third kappa shape index (κ3) is 4.21. The van der Waals surface area contributed by atoms with Gasteiger partial charge in [0.05, 0.1) is 18.5 Å². The molecule has 5 rings (SSSR count). The second kappa shape index (κ2) is 7.94. The van der Waals surface area contributed by atoms with E-state index in [4.69, 9.17) is 0 Å². The SMILES string of the molecule is C[C@@H](CO)c1ccc(Nc2nccc(N3C[C@H]4CC[C@@H](C3)N4CC3CC3(F)F)n2)cn1. The number of hydrogen-bond acceptors (Lipinski definition) is 7. The van der Waals surface area contributed by atoms with Gasteiger partial charge >= 0.3 is 0 Å². The largest absolute Gasteiger partial charge is 0.396 e. The van der Waals surface area contributed by atoms with Gasteiger partial charge in [0, 0.05) is 61.9 Å². The average molecular weight is 431 g/mol. The number of hydrogen-bond donors (Lipinski definition) is 2. The van der Waals surface area contributed by atoms with Crippen LogP contribution in [-0.4, -0.2) is 69.2 Å². The van der Waals surface area contributed by atoms with Crippen LogP contribution in [0.2, 0.25) is 0 Å². The van der Waals surface area contributed by atoms with Crippen molar-refractivity contribution in [3.8, 4) is 0 Å². The molecule has 1 aliphatic carbocycles. The molecule has 0 spiro atoms. The molecule has 0 radical (unpaired) electrons. The van der Waals surface area contributed by atoms with E-state index >= 15 is 0 Å². The van der Waals surface area contributed by atoms with Crippen LogP contribution in [0.5, 0.6) is 0 Å². The van der Waals surface area contributed by atoms with Crippen molar-refractivity contribution in [1.82, 2.24) is 19.9 Å². The molecule has 2 aromatic rings. The van der Waals surface area contributed by atoms with E-state index in [1.807, 2.05) is 25.1 Å². The van der Waals surface area contributed by atoms with Gasteiger partial charge in [-0.05, 0) is 31.0 Å². The average Bonchev–Trinajstić information content (AvgIpc) is 3.32. The Kier molecular flexibility index (Phi) is 5.26. The third-order valence-corrected chi connectivity index (χ3v) is 6.81. The van der Waals surface area contributed by atoms with E-state index in [1.165, 1.54) is 0 Å². The Morgan fingerprint density at radius 2 is 1.94 bits per heavy atom. The predicted octanol–water partition coefficient (Wildman–Crippen LogP) is 3.02. The summed E-state index contributed by atoms with van der Waals surface area (Å²) in [5, 5.41) is 12.4. The summed E-state index contributed by atoms with van der Waals surface area (Å²) in [5.74, 6) is -1.57. The summed E-state index contributed by atoms with van der Waals surface area (Å²) in [7, 11) is 0. The monoisotopic (exact) mass is 430 g/mol. The van der Waals surface area contributed by atoms with Gasteiger partial charge in [0.1, 0.15) is 5.82 Å². The molecule has 2 bridgehead atoms. The lowest BCUT2D eigenvalue weighted by molar-refractivity contribution is 0.0750. The number of anilines is 3. The minimum absolute atomic E-state index is 0.00573. The Hall–Kier alpha value is -2.39. The molecule has 0 aromatic carbocycles. The summed E-state index contributed by atoms with van der Waals surface area (Å²) in [4.78, 5) is 18.0. The first-order valence-electron chi connectivity index (χ1n) is 11.0. The van der Waals surface area contributed by atoms with E-state index in [0.717, 1.165) is 43.1 Å². The fourth-order valence-corrected chi connectivity index (χ4v) is 4.78. The number of halogens is 2. The molecule has 2 aromatic heterocycles. The number of alkyl halides is 2. The highest BCUT2D eigenvalue weighted by Crippen LogP contribution is 2.50. The number of pyridine rings is 1. The molecule has 1 saturated carbocycles. The summed E-state index contributed by atoms with van der Waals surface area (Å²) in [6.45, 7) is 4.11. The zero-order valence-electron chi connectivity index (χ0n) is 17.6. The van der Waals surface area contributed by atoms with Gasteiger partial charge in [-0.25, -0.2) is 13.8 Å². The molecule has 4 atom stereocenters. The summed E-state index contributed by atoms with van der Waals surface area (Å²) >= 11 is 0. The predicted molar refractivity (Wildman–Crippen MR) is 114 cm³/mol. The second-order valence-corrected chi connectivity index (χ2v) is 9.07. The summed E-state index contributed by atoms with van der Waals surface area (Å²) < 4.78 is 26.8. The zero-order chi connectivity index (χ0) is 21.6. The number of fused-ring (bicyclic) bond motifs is 2. The highest BCUT2D eigenvalue weighted by Gasteiger charge is 2.58. The van der Waals surface area contributed by atoms with Crippen molar-refractivity contribution >= 4 is 17.5 Å². The first-order valence-corrected chi connectivity index (χ1v) is 11.0. The fourth-order valence-electron chi connectivity index (χ4n) is 4.78. The van der Waals surface area contributed by atoms with Crippen molar-refractivity contribution < 1.29 is 13.9 Å². The quantitative estimate of drug-likeness (QED) is 0.699. The van der Waals surface area contributed by atoms with Crippen LogP contribution in [0.3, 0.4) is 0 Å². The van der Waals surface area contributed by atoms with Crippen molar-refractivity contribution in [3.05, 3.63) is 36.3 Å². The van der Waals surface area contributed by atoms with Crippen LogP contribution in [0.15, 0.2) is 30.6 Å². The van der Waals surface area contributed by atoms with Crippen LogP contribution >= 0.6 is 0 Å². The Morgan fingerprint density at radius 3 is 2.55 bits per heavy atom. The summed E-state index contributed by atoms with van der Waals surface area (Å²) in [5.41, 5.74) is 1.61. The number of piperazine rings is 1. The molecule has 31 heavy (non-hydrogen) atoms. The number of nitrogens with one attached hydrogen (secondary N) is 1. The molecule has 2 saturated heterocycles. The van der Waals surface area contributed by atoms with Gasteiger partial charge in [0.2, 0.25) is 5.95 Å². The second-order valence-electron chi connectivity index (χ2n) is 9.07. The van der Waals surface area contributed by atoms with Crippen molar-refractivity contribution in [2.24, 2.45) is 5.92 Å². The maximum atomic E-state index is 13.4. The van der Waals surface area contributed by atoms with Gasteiger partial charge in [0.15, 0.2) is 0 Å². The Balaban J connectivity index is 1.24. The van der Waals surface area contributed by atoms with Gasteiger partial charge in [-0.2, -0.15) is 4.98 Å². The Bertz CT molecular complexity index is 912. The molecule has 4 heterocycles. The smallest absolute Gasteiger partial charge is 0.252 e. The molecular weight excluding hydrogens is 402 g/mol. The third-order valence-electron chi connectivity index (χ3n) is 6.81. The molecular formula is C22H28F2N6O. The minimum atomic E-state index is -2.45. The number of aromatic nitrogens is 3. The Labute approximate surface area is 180 Å². The van der Waals surface area contributed by atoms with Crippen molar-refractivity contribution in [2.75, 3.05) is 36.5 Å². The molecule has 3 fully saturated rings. The van der Waals surface area contributed by atoms with Crippen LogP contribution in [0.1, 0.15) is 37.8 Å². The number of aliphatic hydroxyl groups is 1. The molecule has 2 N–H and O–H groups in total. The van der Waals surface area contributed by atoms with Crippen molar-refractivity contribution in [2.45, 2.75) is 50.1 Å². The molecule has 1 unspecified atom stereocenters. The van der Waals surface area contributed by atoms with Gasteiger partial charge in [-0.1, -0.05) is 6.92 Å². The normalized spacial score (nSPS) is 27.9. The van der Waals surface area contributed by atoms with Gasteiger partial charge in [-0.3, -0.25) is 9.88 Å². The molecule has 3 aliphatic rings. The Morgan fingerprint density at radius 1 is 1.19 bits per heavy atom. The topological polar surface area (TPSA) is 77.4 Å². The lowest BCUT2D eigenvalue weighted by atomic mass is 10.1. The van der Waals surface area contributed by atoms with E-state index < -0.39 is 11.8 Å². The van der Waals surface area contributed by atoms with Gasteiger partial charge in [-0.15, -0.1) is 0 Å². The first kappa shape index (κ1) is 20.5. The van der Waals surface area contributed by atoms with E-state index in [-0.39, 0.29) is 18.9 Å². The summed E-state index contributed by atoms with van der Waals surface area (Å²) in [6, 6.07) is 6.31. The minimum Gasteiger partial charge on any atom is -0.396 e. The summed E-state index contributed by atoms with van der Waals surface area (Å²) in [6.07, 6.45) is 5.60. The fraction of sp³-hybridized carbons (Fsp3) is 0.591. The lowest BCUT2D eigenvalue weighted by Gasteiger charge is -2.41. The highest BCUT2D eigenvalue weighted by molar-refractivity contribution is 5.54. The van der Waals surface area contributed by atoms with E-state index in [0.29, 0.717) is 24.6 Å². The van der Waals surface area contributed by atoms with Crippen LogP contribution in [0.4, 0.5) is 26.2 Å². The first-order chi connectivity index (χ1) is 14.9. The van der Waals surface area contributed by atoms with E-state index in [2.05, 4.69) is 30.1 Å². The maximum absolute atomic E-state index is 13.4. The van der Waals surface area contributed by atoms with E-state index in [9.17, 15) is 13.9 Å². The molecule has 0 amide bonds. The van der Waals surface area contributed by atoms with Crippen LogP contribution in [0.25, 0.3) is 0 Å². The van der Waals surface area contributed by atoms with Crippen molar-refractivity contribution in [1.29, 1.82) is 0 Å². The van der Waals surface area contributed by atoms with Crippen LogP contribution in [0, 0.1) is 5.92 Å². The molecule has 7 nitrogen and oxygen atoms in total. The van der Waals surface area contributed by atoms with Gasteiger partial charge in [0.25, 0.3) is 5.92 Å². The van der Waals surface area contributed by atoms with Crippen LogP contribution < -0.4 is 10.2 Å². The van der Waals surface area contributed by atoms with E-state index in [1.54, 1.807) is 12.4 Å². The molecule has 9 heteroatoms. The number of nitrogens with zero attached hydrogens (tertiary/aromatic N) is 5. The van der Waals surface area contributed by atoms with Crippen LogP contribution in [-0.2, 0) is 0 Å². The maximum Gasteiger partial charge on any atom is 0.252 e. The molecule has 166 valence electrons. The standard InChI is InChI=1S/C22H28F2N6O/c1-14(13-31)19-5-2-16(9-26-19)27-21-25-7-6-20(28-21)29-11-17-3-4-18(12-29)30(17)10-15-8-22(15,23)24/h2,5-7,9,14-15,17-18,31H,3-4,8,10-13H2,1H3,(H,25,27,28)/t14-,15?,17-,18+/m0/s1. The highest BCUT2D eigenvalue weighted by atomic mass is 19.3. The zero-order valence-corrected chi connectivity index (χ0v) is 17.6. The number of aliphatic hydroxyl groups excluding tert-OH is 1. The lowest BCUT2D eigenvalue weighted by Crippen LogP contribution is -2.54. The van der Waals surface area contributed by atoms with Gasteiger partial charge < -0.3 is 15.3 Å². The number of rotatable bonds is 7. The van der Waals surface area contributed by atoms with Crippen molar-refractivity contribution in [3.63, 3.8) is 0 Å². The molecule has 2 aliphatic heterocycles.